The summed E-state index contributed by atoms with van der Waals surface area (Å²) in [5.74, 6) is 2.50. The van der Waals surface area contributed by atoms with Crippen LogP contribution in [0.4, 0.5) is 0 Å². The molecule has 1 saturated heterocycles. The third-order valence-electron chi connectivity index (χ3n) is 6.21. The van der Waals surface area contributed by atoms with Crippen molar-refractivity contribution in [2.75, 3.05) is 20.2 Å². The summed E-state index contributed by atoms with van der Waals surface area (Å²) in [5.41, 5.74) is 1.09. The first-order valence-electron chi connectivity index (χ1n) is 10.2. The Morgan fingerprint density at radius 3 is 2.55 bits per heavy atom. The fourth-order valence-corrected chi connectivity index (χ4v) is 5.81. The molecule has 2 aromatic carbocycles. The minimum atomic E-state index is -0.441. The van der Waals surface area contributed by atoms with Crippen LogP contribution in [-0.2, 0) is 6.54 Å². The highest BCUT2D eigenvalue weighted by atomic mass is 32.1. The first-order chi connectivity index (χ1) is 14.2. The van der Waals surface area contributed by atoms with Crippen LogP contribution in [0.3, 0.4) is 0 Å². The van der Waals surface area contributed by atoms with Crippen LogP contribution in [0.1, 0.15) is 17.8 Å². The molecule has 5 nitrogen and oxygen atoms in total. The molecule has 29 heavy (non-hydrogen) atoms. The number of nitrogens with zero attached hydrogens (tertiary/aromatic N) is 2. The van der Waals surface area contributed by atoms with E-state index in [1.165, 1.54) is 9.71 Å². The van der Waals surface area contributed by atoms with Crippen LogP contribution in [-0.4, -0.2) is 47.4 Å². The van der Waals surface area contributed by atoms with Gasteiger partial charge in [-0.05, 0) is 48.9 Å². The Hall–Kier alpha value is -2.15. The monoisotopic (exact) mass is 410 g/mol. The lowest BCUT2D eigenvalue weighted by molar-refractivity contribution is -0.0240. The second-order valence-corrected chi connectivity index (χ2v) is 9.25. The Morgan fingerprint density at radius 2 is 1.76 bits per heavy atom. The number of thiazole rings is 1. The Morgan fingerprint density at radius 1 is 1.03 bits per heavy atom. The Labute approximate surface area is 174 Å². The lowest BCUT2D eigenvalue weighted by Gasteiger charge is -2.35. The van der Waals surface area contributed by atoms with Crippen LogP contribution in [0.2, 0.25) is 0 Å². The summed E-state index contributed by atoms with van der Waals surface area (Å²) in [4.78, 5) is 7.28. The highest BCUT2D eigenvalue weighted by Crippen LogP contribution is 2.40. The van der Waals surface area contributed by atoms with Crippen LogP contribution in [0.15, 0.2) is 48.5 Å². The molecular weight excluding hydrogens is 384 g/mol. The van der Waals surface area contributed by atoms with Gasteiger partial charge in [0.15, 0.2) is 11.5 Å². The van der Waals surface area contributed by atoms with Gasteiger partial charge in [-0.1, -0.05) is 24.3 Å². The topological polar surface area (TPSA) is 54.8 Å². The number of hydrogen-bond donors (Lipinski definition) is 1. The summed E-state index contributed by atoms with van der Waals surface area (Å²) in [7, 11) is 1.65. The predicted octanol–water partition coefficient (Wildman–Crippen LogP) is 3.96. The predicted molar refractivity (Wildman–Crippen MR) is 115 cm³/mol. The number of methoxy groups -OCH3 is 1. The number of fused-ring (bicyclic) bond motifs is 2. The van der Waals surface area contributed by atoms with Crippen LogP contribution in [0, 0.1) is 11.8 Å². The molecule has 5 rings (SSSR count). The molecule has 0 amide bonds. The first kappa shape index (κ1) is 18.9. The molecule has 2 aliphatic rings. The molecule has 0 spiro atoms. The van der Waals surface area contributed by atoms with E-state index in [1.54, 1.807) is 18.4 Å². The second kappa shape index (κ2) is 7.94. The summed E-state index contributed by atoms with van der Waals surface area (Å²) in [6.45, 7) is 2.96. The molecule has 1 aliphatic carbocycles. The molecule has 1 aromatic heterocycles. The molecule has 6 heteroatoms. The molecule has 0 bridgehead atoms. The number of rotatable bonds is 5. The Kier molecular flexibility index (Phi) is 5.16. The van der Waals surface area contributed by atoms with Gasteiger partial charge in [0.1, 0.15) is 11.1 Å². The van der Waals surface area contributed by atoms with Crippen LogP contribution >= 0.6 is 11.3 Å². The molecule has 1 N–H and O–H groups in total. The summed E-state index contributed by atoms with van der Waals surface area (Å²) in [6.07, 6.45) is 1.04. The molecule has 4 atom stereocenters. The van der Waals surface area contributed by atoms with E-state index in [4.69, 9.17) is 14.5 Å². The van der Waals surface area contributed by atoms with Gasteiger partial charge in [0, 0.05) is 13.1 Å². The van der Waals surface area contributed by atoms with E-state index in [0.717, 1.165) is 38.0 Å². The van der Waals surface area contributed by atoms with Crippen molar-refractivity contribution >= 4 is 21.6 Å². The lowest BCUT2D eigenvalue weighted by atomic mass is 9.78. The maximum atomic E-state index is 10.7. The van der Waals surface area contributed by atoms with Gasteiger partial charge in [0.2, 0.25) is 0 Å². The van der Waals surface area contributed by atoms with Crippen molar-refractivity contribution in [2.45, 2.75) is 31.6 Å². The number of aliphatic hydroxyl groups excluding tert-OH is 1. The Bertz CT molecular complexity index is 958. The number of likely N-dealkylation sites (tertiary alicyclic amines) is 1. The van der Waals surface area contributed by atoms with Gasteiger partial charge in [0.05, 0.1) is 30.0 Å². The molecule has 0 radical (unpaired) electrons. The van der Waals surface area contributed by atoms with E-state index >= 15 is 0 Å². The van der Waals surface area contributed by atoms with Gasteiger partial charge in [0.25, 0.3) is 0 Å². The van der Waals surface area contributed by atoms with Crippen molar-refractivity contribution in [1.82, 2.24) is 9.88 Å². The smallest absolute Gasteiger partial charge is 0.161 e. The maximum absolute atomic E-state index is 10.7. The van der Waals surface area contributed by atoms with Crippen LogP contribution in [0.25, 0.3) is 10.2 Å². The molecule has 0 unspecified atom stereocenters. The summed E-state index contributed by atoms with van der Waals surface area (Å²) < 4.78 is 12.8. The fourth-order valence-electron chi connectivity index (χ4n) is 4.80. The molecule has 1 aliphatic heterocycles. The van der Waals surface area contributed by atoms with Gasteiger partial charge >= 0.3 is 0 Å². The van der Waals surface area contributed by atoms with E-state index in [0.29, 0.717) is 23.3 Å². The minimum absolute atomic E-state index is 0.185. The summed E-state index contributed by atoms with van der Waals surface area (Å²) in [5, 5.41) is 11.9. The fraction of sp³-hybridized carbons (Fsp3) is 0.435. The molecule has 2 heterocycles. The SMILES string of the molecule is COc1ccccc1O[C@@H]1C[C@@H]2CN(Cc3nc4ccccc4s3)C[C@@H]2C[C@H]1O. The number of para-hydroxylation sites is 3. The number of ether oxygens (including phenoxy) is 2. The second-order valence-electron chi connectivity index (χ2n) is 8.14. The van der Waals surface area contributed by atoms with E-state index in [1.807, 2.05) is 30.3 Å². The van der Waals surface area contributed by atoms with E-state index in [9.17, 15) is 5.11 Å². The Balaban J connectivity index is 1.25. The van der Waals surface area contributed by atoms with E-state index in [2.05, 4.69) is 23.1 Å². The van der Waals surface area contributed by atoms with Gasteiger partial charge in [-0.3, -0.25) is 4.90 Å². The largest absolute Gasteiger partial charge is 0.493 e. The van der Waals surface area contributed by atoms with E-state index in [-0.39, 0.29) is 6.10 Å². The van der Waals surface area contributed by atoms with Gasteiger partial charge in [-0.15, -0.1) is 11.3 Å². The van der Waals surface area contributed by atoms with Crippen LogP contribution < -0.4 is 9.47 Å². The zero-order valence-electron chi connectivity index (χ0n) is 16.5. The summed E-state index contributed by atoms with van der Waals surface area (Å²) >= 11 is 1.78. The molecular formula is C23H26N2O3S. The third-order valence-corrected chi connectivity index (χ3v) is 7.23. The minimum Gasteiger partial charge on any atom is -0.493 e. The number of aliphatic hydroxyl groups is 1. The summed E-state index contributed by atoms with van der Waals surface area (Å²) in [6, 6.07) is 16.0. The van der Waals surface area contributed by atoms with Crippen molar-refractivity contribution < 1.29 is 14.6 Å². The highest BCUT2D eigenvalue weighted by molar-refractivity contribution is 7.18. The normalized spacial score (nSPS) is 27.1. The van der Waals surface area contributed by atoms with E-state index < -0.39 is 6.10 Å². The number of benzene rings is 2. The molecule has 152 valence electrons. The van der Waals surface area contributed by atoms with Crippen molar-refractivity contribution in [3.8, 4) is 11.5 Å². The van der Waals surface area contributed by atoms with Crippen molar-refractivity contribution in [1.29, 1.82) is 0 Å². The van der Waals surface area contributed by atoms with Gasteiger partial charge < -0.3 is 14.6 Å². The van der Waals surface area contributed by atoms with Crippen molar-refractivity contribution in [3.05, 3.63) is 53.5 Å². The maximum Gasteiger partial charge on any atom is 0.161 e. The van der Waals surface area contributed by atoms with Crippen molar-refractivity contribution in [2.24, 2.45) is 11.8 Å². The molecule has 1 saturated carbocycles. The number of aromatic nitrogens is 1. The molecule has 2 fully saturated rings. The van der Waals surface area contributed by atoms with Gasteiger partial charge in [-0.2, -0.15) is 0 Å². The van der Waals surface area contributed by atoms with Gasteiger partial charge in [-0.25, -0.2) is 4.98 Å². The first-order valence-corrected chi connectivity index (χ1v) is 11.1. The molecule has 3 aromatic rings. The average Bonchev–Trinajstić information content (AvgIpc) is 3.31. The van der Waals surface area contributed by atoms with Crippen molar-refractivity contribution in [3.63, 3.8) is 0 Å². The average molecular weight is 411 g/mol. The lowest BCUT2D eigenvalue weighted by Crippen LogP contribution is -2.42. The third kappa shape index (κ3) is 3.84. The highest BCUT2D eigenvalue weighted by Gasteiger charge is 2.43. The zero-order valence-corrected chi connectivity index (χ0v) is 17.3. The quantitative estimate of drug-likeness (QED) is 0.690. The van der Waals surface area contributed by atoms with Crippen LogP contribution in [0.5, 0.6) is 11.5 Å². The zero-order chi connectivity index (χ0) is 19.8. The number of hydrogen-bond acceptors (Lipinski definition) is 6. The standard InChI is InChI=1S/C23H26N2O3S/c1-27-19-7-3-4-8-20(19)28-21-11-16-13-25(12-15(16)10-18(21)26)14-23-24-17-6-2-5-9-22(17)29-23/h2-9,15-16,18,21,26H,10-14H2,1H3/t15-,16+,18+,21+/m0/s1.